The Morgan fingerprint density at radius 3 is 2.21 bits per heavy atom. The summed E-state index contributed by atoms with van der Waals surface area (Å²) in [5.74, 6) is 0. The van der Waals surface area contributed by atoms with Gasteiger partial charge in [-0.3, -0.25) is 0 Å². The third kappa shape index (κ3) is 4.24. The van der Waals surface area contributed by atoms with Gasteiger partial charge in [-0.2, -0.15) is 13.2 Å². The molecule has 0 heterocycles. The molecule has 1 rings (SSSR count). The fourth-order valence-corrected chi connectivity index (χ4v) is 1.76. The highest BCUT2D eigenvalue weighted by Gasteiger charge is 2.30. The summed E-state index contributed by atoms with van der Waals surface area (Å²) in [5.41, 5.74) is 1.25. The third-order valence-corrected chi connectivity index (χ3v) is 2.75. The number of alkyl halides is 3. The molecule has 1 aromatic carbocycles. The SMILES string of the molecule is C=C(C)/C=C(\CC)C(O)c1ccc(C(F)(F)F)cc1. The van der Waals surface area contributed by atoms with Gasteiger partial charge in [-0.1, -0.05) is 37.3 Å². The monoisotopic (exact) mass is 270 g/mol. The summed E-state index contributed by atoms with van der Waals surface area (Å²) in [5, 5.41) is 10.1. The minimum Gasteiger partial charge on any atom is -0.384 e. The van der Waals surface area contributed by atoms with Crippen molar-refractivity contribution in [2.24, 2.45) is 0 Å². The molecule has 1 N–H and O–H groups in total. The molecule has 0 spiro atoms. The van der Waals surface area contributed by atoms with E-state index in [0.717, 1.165) is 23.3 Å². The highest BCUT2D eigenvalue weighted by Crippen LogP contribution is 2.31. The molecule has 4 heteroatoms. The molecule has 0 fully saturated rings. The molecule has 1 aromatic rings. The van der Waals surface area contributed by atoms with E-state index in [0.29, 0.717) is 12.0 Å². The summed E-state index contributed by atoms with van der Waals surface area (Å²) in [4.78, 5) is 0. The van der Waals surface area contributed by atoms with Gasteiger partial charge >= 0.3 is 6.18 Å². The van der Waals surface area contributed by atoms with Gasteiger partial charge in [0.15, 0.2) is 0 Å². The summed E-state index contributed by atoms with van der Waals surface area (Å²) in [6.45, 7) is 7.41. The summed E-state index contributed by atoms with van der Waals surface area (Å²) < 4.78 is 37.3. The topological polar surface area (TPSA) is 20.2 Å². The van der Waals surface area contributed by atoms with E-state index in [4.69, 9.17) is 0 Å². The maximum absolute atomic E-state index is 12.4. The smallest absolute Gasteiger partial charge is 0.384 e. The lowest BCUT2D eigenvalue weighted by Crippen LogP contribution is -2.06. The summed E-state index contributed by atoms with van der Waals surface area (Å²) in [6, 6.07) is 4.56. The highest BCUT2D eigenvalue weighted by molar-refractivity contribution is 5.32. The number of hydrogen-bond acceptors (Lipinski definition) is 1. The second-order valence-corrected chi connectivity index (χ2v) is 4.44. The van der Waals surface area contributed by atoms with Gasteiger partial charge in [-0.15, -0.1) is 0 Å². The molecule has 0 radical (unpaired) electrons. The first-order valence-electron chi connectivity index (χ1n) is 5.97. The first-order chi connectivity index (χ1) is 8.75. The van der Waals surface area contributed by atoms with E-state index in [1.54, 1.807) is 13.0 Å². The Bertz CT molecular complexity index is 469. The van der Waals surface area contributed by atoms with Crippen LogP contribution in [-0.2, 0) is 6.18 Å². The van der Waals surface area contributed by atoms with Gasteiger partial charge in [0.2, 0.25) is 0 Å². The van der Waals surface area contributed by atoms with Crippen molar-refractivity contribution in [3.63, 3.8) is 0 Å². The van der Waals surface area contributed by atoms with Crippen LogP contribution in [0.25, 0.3) is 0 Å². The number of aliphatic hydroxyl groups excluding tert-OH is 1. The number of aliphatic hydroxyl groups is 1. The van der Waals surface area contributed by atoms with Gasteiger partial charge < -0.3 is 5.11 Å². The minimum absolute atomic E-state index is 0.447. The molecule has 0 amide bonds. The Balaban J connectivity index is 3.01. The second kappa shape index (κ2) is 6.06. The average Bonchev–Trinajstić information content (AvgIpc) is 2.34. The van der Waals surface area contributed by atoms with Gasteiger partial charge in [0.05, 0.1) is 5.56 Å². The van der Waals surface area contributed by atoms with Gasteiger partial charge in [-0.05, 0) is 36.6 Å². The van der Waals surface area contributed by atoms with Crippen molar-refractivity contribution >= 4 is 0 Å². The Hall–Kier alpha value is -1.55. The van der Waals surface area contributed by atoms with E-state index in [9.17, 15) is 18.3 Å². The maximum atomic E-state index is 12.4. The highest BCUT2D eigenvalue weighted by atomic mass is 19.4. The lowest BCUT2D eigenvalue weighted by molar-refractivity contribution is -0.137. The average molecular weight is 270 g/mol. The van der Waals surface area contributed by atoms with Crippen molar-refractivity contribution in [1.82, 2.24) is 0 Å². The summed E-state index contributed by atoms with van der Waals surface area (Å²) in [6.07, 6.45) is -2.90. The van der Waals surface area contributed by atoms with Crippen LogP contribution in [0.4, 0.5) is 13.2 Å². The zero-order valence-corrected chi connectivity index (χ0v) is 11.0. The predicted molar refractivity (Wildman–Crippen MR) is 69.6 cm³/mol. The normalized spacial score (nSPS) is 14.3. The molecule has 1 atom stereocenters. The number of rotatable bonds is 4. The largest absolute Gasteiger partial charge is 0.416 e. The van der Waals surface area contributed by atoms with Crippen LogP contribution in [0, 0.1) is 0 Å². The van der Waals surface area contributed by atoms with Crippen molar-refractivity contribution in [1.29, 1.82) is 0 Å². The van der Waals surface area contributed by atoms with Crippen LogP contribution in [0.1, 0.15) is 37.5 Å². The Kier molecular flexibility index (Phi) is 4.95. The van der Waals surface area contributed by atoms with Crippen molar-refractivity contribution in [2.45, 2.75) is 32.5 Å². The predicted octanol–water partition coefficient (Wildman–Crippen LogP) is 4.65. The van der Waals surface area contributed by atoms with Gasteiger partial charge in [0.1, 0.15) is 6.10 Å². The van der Waals surface area contributed by atoms with Crippen molar-refractivity contribution in [3.05, 3.63) is 59.2 Å². The zero-order chi connectivity index (χ0) is 14.6. The molecule has 0 saturated carbocycles. The van der Waals surface area contributed by atoms with Gasteiger partial charge in [-0.25, -0.2) is 0 Å². The molecule has 0 saturated heterocycles. The van der Waals surface area contributed by atoms with Crippen LogP contribution in [0.5, 0.6) is 0 Å². The quantitative estimate of drug-likeness (QED) is 0.789. The number of benzene rings is 1. The molecule has 0 aliphatic carbocycles. The molecule has 0 aliphatic rings. The molecule has 0 bridgehead atoms. The first-order valence-corrected chi connectivity index (χ1v) is 5.97. The Morgan fingerprint density at radius 2 is 1.84 bits per heavy atom. The lowest BCUT2D eigenvalue weighted by Gasteiger charge is -2.15. The molecule has 1 nitrogen and oxygen atoms in total. The molecule has 19 heavy (non-hydrogen) atoms. The summed E-state index contributed by atoms with van der Waals surface area (Å²) >= 11 is 0. The van der Waals surface area contributed by atoms with E-state index in [2.05, 4.69) is 6.58 Å². The van der Waals surface area contributed by atoms with Crippen LogP contribution in [-0.4, -0.2) is 5.11 Å². The van der Waals surface area contributed by atoms with Gasteiger partial charge in [0.25, 0.3) is 0 Å². The fourth-order valence-electron chi connectivity index (χ4n) is 1.76. The van der Waals surface area contributed by atoms with E-state index in [1.807, 2.05) is 6.92 Å². The Labute approximate surface area is 111 Å². The fraction of sp³-hybridized carbons (Fsp3) is 0.333. The van der Waals surface area contributed by atoms with Gasteiger partial charge in [0, 0.05) is 0 Å². The molecular weight excluding hydrogens is 253 g/mol. The minimum atomic E-state index is -4.36. The van der Waals surface area contributed by atoms with E-state index in [-0.39, 0.29) is 0 Å². The number of allylic oxidation sites excluding steroid dienone is 2. The first kappa shape index (κ1) is 15.5. The second-order valence-electron chi connectivity index (χ2n) is 4.44. The molecule has 104 valence electrons. The van der Waals surface area contributed by atoms with Crippen LogP contribution >= 0.6 is 0 Å². The van der Waals surface area contributed by atoms with E-state index >= 15 is 0 Å². The number of halogens is 3. The van der Waals surface area contributed by atoms with Crippen LogP contribution in [0.15, 0.2) is 48.1 Å². The van der Waals surface area contributed by atoms with Crippen molar-refractivity contribution in [2.75, 3.05) is 0 Å². The van der Waals surface area contributed by atoms with Crippen molar-refractivity contribution < 1.29 is 18.3 Å². The molecular formula is C15H17F3O. The van der Waals surface area contributed by atoms with Crippen LogP contribution < -0.4 is 0 Å². The lowest BCUT2D eigenvalue weighted by atomic mass is 9.97. The van der Waals surface area contributed by atoms with Crippen LogP contribution in [0.3, 0.4) is 0 Å². The molecule has 0 aromatic heterocycles. The van der Waals surface area contributed by atoms with Crippen LogP contribution in [0.2, 0.25) is 0 Å². The zero-order valence-electron chi connectivity index (χ0n) is 11.0. The van der Waals surface area contributed by atoms with E-state index in [1.165, 1.54) is 12.1 Å². The molecule has 1 unspecified atom stereocenters. The van der Waals surface area contributed by atoms with E-state index < -0.39 is 17.8 Å². The summed E-state index contributed by atoms with van der Waals surface area (Å²) in [7, 11) is 0. The Morgan fingerprint density at radius 1 is 1.32 bits per heavy atom. The van der Waals surface area contributed by atoms with Crippen molar-refractivity contribution in [3.8, 4) is 0 Å². The molecule has 0 aliphatic heterocycles. The maximum Gasteiger partial charge on any atom is 0.416 e. The number of hydrogen-bond donors (Lipinski definition) is 1. The third-order valence-electron chi connectivity index (χ3n) is 2.75. The standard InChI is InChI=1S/C15H17F3O/c1-4-11(9-10(2)3)14(19)12-5-7-13(8-6-12)15(16,17)18/h5-9,14,19H,2,4H2,1,3H3/b11-9+.